The number of hydrogen-bond acceptors (Lipinski definition) is 5. The Kier molecular flexibility index (Phi) is 5.51. The second kappa shape index (κ2) is 7.04. The van der Waals surface area contributed by atoms with Crippen molar-refractivity contribution in [2.24, 2.45) is 0 Å². The second-order valence-electron chi connectivity index (χ2n) is 4.74. The van der Waals surface area contributed by atoms with Gasteiger partial charge >= 0.3 is 6.01 Å². The summed E-state index contributed by atoms with van der Waals surface area (Å²) in [6, 6.07) is 3.82. The molecule has 23 heavy (non-hydrogen) atoms. The molecule has 1 aromatic carbocycles. The summed E-state index contributed by atoms with van der Waals surface area (Å²) >= 11 is 11.7. The molecular formula is C13H16Cl2N4O3S. The number of rotatable bonds is 6. The van der Waals surface area contributed by atoms with Gasteiger partial charge in [0.2, 0.25) is 10.0 Å². The summed E-state index contributed by atoms with van der Waals surface area (Å²) < 4.78 is 34.3. The summed E-state index contributed by atoms with van der Waals surface area (Å²) in [5, 5.41) is 8.33. The monoisotopic (exact) mass is 378 g/mol. The molecule has 1 N–H and O–H groups in total. The molecule has 0 aliphatic rings. The fourth-order valence-electron chi connectivity index (χ4n) is 2.11. The highest BCUT2D eigenvalue weighted by molar-refractivity contribution is 7.89. The number of hydrogen-bond donors (Lipinski definition) is 1. The van der Waals surface area contributed by atoms with Gasteiger partial charge in [0, 0.05) is 16.6 Å². The van der Waals surface area contributed by atoms with Crippen LogP contribution in [-0.2, 0) is 16.6 Å². The molecule has 10 heteroatoms. The maximum atomic E-state index is 12.5. The summed E-state index contributed by atoms with van der Waals surface area (Å²) in [4.78, 5) is -0.0172. The summed E-state index contributed by atoms with van der Waals surface area (Å²) in [6.07, 6.45) is 0. The molecule has 0 aliphatic heterocycles. The van der Waals surface area contributed by atoms with Gasteiger partial charge in [-0.15, -0.1) is 5.10 Å². The van der Waals surface area contributed by atoms with Gasteiger partial charge in [-0.1, -0.05) is 28.3 Å². The van der Waals surface area contributed by atoms with Crippen molar-refractivity contribution in [1.29, 1.82) is 0 Å². The quantitative estimate of drug-likeness (QED) is 0.834. The van der Waals surface area contributed by atoms with E-state index in [0.29, 0.717) is 18.4 Å². The Labute approximate surface area is 144 Å². The molecular weight excluding hydrogens is 363 g/mol. The van der Waals surface area contributed by atoms with Gasteiger partial charge in [0.15, 0.2) is 5.82 Å². The van der Waals surface area contributed by atoms with Crippen molar-refractivity contribution in [3.8, 4) is 6.01 Å². The van der Waals surface area contributed by atoms with E-state index in [0.717, 1.165) is 0 Å². The van der Waals surface area contributed by atoms with Gasteiger partial charge in [-0.2, -0.15) is 0 Å². The van der Waals surface area contributed by atoms with Crippen molar-refractivity contribution in [2.75, 3.05) is 7.11 Å². The fraction of sp³-hybridized carbons (Fsp3) is 0.385. The molecule has 0 saturated carbocycles. The topological polar surface area (TPSA) is 86.1 Å². The van der Waals surface area contributed by atoms with E-state index in [-0.39, 0.29) is 14.9 Å². The molecule has 1 atom stereocenters. The second-order valence-corrected chi connectivity index (χ2v) is 7.32. The third-order valence-electron chi connectivity index (χ3n) is 3.11. The van der Waals surface area contributed by atoms with Crippen LogP contribution in [0.15, 0.2) is 23.1 Å². The number of halogens is 2. The summed E-state index contributed by atoms with van der Waals surface area (Å²) in [6.45, 7) is 4.09. The highest BCUT2D eigenvalue weighted by Crippen LogP contribution is 2.24. The summed E-state index contributed by atoms with van der Waals surface area (Å²) in [7, 11) is -2.34. The van der Waals surface area contributed by atoms with Gasteiger partial charge in [-0.25, -0.2) is 13.1 Å². The average molecular weight is 379 g/mol. The predicted molar refractivity (Wildman–Crippen MR) is 87.4 cm³/mol. The Morgan fingerprint density at radius 1 is 1.26 bits per heavy atom. The first-order valence-corrected chi connectivity index (χ1v) is 8.98. The molecule has 0 fully saturated rings. The van der Waals surface area contributed by atoms with Gasteiger partial charge in [0.25, 0.3) is 0 Å². The zero-order valence-electron chi connectivity index (χ0n) is 12.7. The predicted octanol–water partition coefficient (Wildman–Crippen LogP) is 2.65. The van der Waals surface area contributed by atoms with Crippen LogP contribution in [0.2, 0.25) is 10.0 Å². The van der Waals surface area contributed by atoms with Gasteiger partial charge in [0.1, 0.15) is 0 Å². The maximum absolute atomic E-state index is 12.5. The van der Waals surface area contributed by atoms with Crippen LogP contribution in [-0.4, -0.2) is 30.3 Å². The standard InChI is InChI=1S/C13H16Cl2N4O3S/c1-4-19-12(16-17-13(19)22-3)8(2)18-23(20,21)11-6-9(14)5-10(15)7-11/h5-8,18H,4H2,1-3H3/t8-/m1/s1. The molecule has 126 valence electrons. The normalized spacial score (nSPS) is 13.1. The molecule has 0 radical (unpaired) electrons. The van der Waals surface area contributed by atoms with Crippen LogP contribution in [0.4, 0.5) is 0 Å². The maximum Gasteiger partial charge on any atom is 0.316 e. The molecule has 0 unspecified atom stereocenters. The van der Waals surface area contributed by atoms with E-state index in [1.807, 2.05) is 6.92 Å². The van der Waals surface area contributed by atoms with Gasteiger partial charge < -0.3 is 4.74 Å². The van der Waals surface area contributed by atoms with Crippen LogP contribution >= 0.6 is 23.2 Å². The van der Waals surface area contributed by atoms with Gasteiger partial charge in [0.05, 0.1) is 18.0 Å². The molecule has 7 nitrogen and oxygen atoms in total. The Morgan fingerprint density at radius 2 is 1.87 bits per heavy atom. The van der Waals surface area contributed by atoms with Crippen molar-refractivity contribution in [2.45, 2.75) is 31.3 Å². The number of aromatic nitrogens is 3. The lowest BCUT2D eigenvalue weighted by Crippen LogP contribution is -2.29. The molecule has 0 spiro atoms. The smallest absolute Gasteiger partial charge is 0.316 e. The van der Waals surface area contributed by atoms with Crippen molar-refractivity contribution in [1.82, 2.24) is 19.5 Å². The molecule has 0 amide bonds. The SMILES string of the molecule is CCn1c(OC)nnc1[C@@H](C)NS(=O)(=O)c1cc(Cl)cc(Cl)c1. The highest BCUT2D eigenvalue weighted by Gasteiger charge is 2.24. The Bertz CT molecular complexity index is 787. The van der Waals surface area contributed by atoms with Crippen LogP contribution < -0.4 is 9.46 Å². The van der Waals surface area contributed by atoms with Crippen molar-refractivity contribution < 1.29 is 13.2 Å². The van der Waals surface area contributed by atoms with Crippen LogP contribution in [0, 0.1) is 0 Å². The Morgan fingerprint density at radius 3 is 2.39 bits per heavy atom. The minimum atomic E-state index is -3.82. The third kappa shape index (κ3) is 3.95. The van der Waals surface area contributed by atoms with E-state index >= 15 is 0 Å². The fourth-order valence-corrected chi connectivity index (χ4v) is 4.03. The highest BCUT2D eigenvalue weighted by atomic mass is 35.5. The van der Waals surface area contributed by atoms with E-state index in [1.54, 1.807) is 11.5 Å². The van der Waals surface area contributed by atoms with Gasteiger partial charge in [-0.3, -0.25) is 4.57 Å². The van der Waals surface area contributed by atoms with E-state index in [9.17, 15) is 8.42 Å². The number of ether oxygens (including phenoxy) is 1. The lowest BCUT2D eigenvalue weighted by atomic mass is 10.3. The van der Waals surface area contributed by atoms with Crippen molar-refractivity contribution in [3.05, 3.63) is 34.1 Å². The lowest BCUT2D eigenvalue weighted by Gasteiger charge is -2.15. The Hall–Kier alpha value is -1.35. The number of nitrogens with one attached hydrogen (secondary N) is 1. The van der Waals surface area contributed by atoms with Crippen LogP contribution in [0.3, 0.4) is 0 Å². The number of benzene rings is 1. The summed E-state index contributed by atoms with van der Waals surface area (Å²) in [5.41, 5.74) is 0. The first-order chi connectivity index (χ1) is 10.8. The summed E-state index contributed by atoms with van der Waals surface area (Å²) in [5.74, 6) is 0.445. The first kappa shape index (κ1) is 18.0. The molecule has 0 bridgehead atoms. The van der Waals surface area contributed by atoms with Gasteiger partial charge in [-0.05, 0) is 32.0 Å². The minimum Gasteiger partial charge on any atom is -0.467 e. The number of methoxy groups -OCH3 is 1. The Balaban J connectivity index is 2.31. The van der Waals surface area contributed by atoms with Crippen LogP contribution in [0.25, 0.3) is 0 Å². The van der Waals surface area contributed by atoms with E-state index in [1.165, 1.54) is 25.3 Å². The molecule has 0 saturated heterocycles. The molecule has 0 aliphatic carbocycles. The number of nitrogens with zero attached hydrogens (tertiary/aromatic N) is 3. The number of sulfonamides is 1. The van der Waals surface area contributed by atoms with E-state index in [4.69, 9.17) is 27.9 Å². The lowest BCUT2D eigenvalue weighted by molar-refractivity contribution is 0.354. The van der Waals surface area contributed by atoms with Crippen LogP contribution in [0.1, 0.15) is 25.7 Å². The molecule has 1 heterocycles. The minimum absolute atomic E-state index is 0.0172. The van der Waals surface area contributed by atoms with E-state index in [2.05, 4.69) is 14.9 Å². The molecule has 2 aromatic rings. The zero-order chi connectivity index (χ0) is 17.2. The molecule has 2 rings (SSSR count). The zero-order valence-corrected chi connectivity index (χ0v) is 15.1. The first-order valence-electron chi connectivity index (χ1n) is 6.74. The average Bonchev–Trinajstić information content (AvgIpc) is 2.88. The van der Waals surface area contributed by atoms with Crippen molar-refractivity contribution >= 4 is 33.2 Å². The third-order valence-corrected chi connectivity index (χ3v) is 5.07. The largest absolute Gasteiger partial charge is 0.467 e. The van der Waals surface area contributed by atoms with Crippen LogP contribution in [0.5, 0.6) is 6.01 Å². The van der Waals surface area contributed by atoms with E-state index < -0.39 is 16.1 Å². The van der Waals surface area contributed by atoms with Crippen molar-refractivity contribution in [3.63, 3.8) is 0 Å². The molecule has 1 aromatic heterocycles.